The summed E-state index contributed by atoms with van der Waals surface area (Å²) in [6.07, 6.45) is 5.93. The van der Waals surface area contributed by atoms with Crippen molar-refractivity contribution in [1.29, 1.82) is 0 Å². The summed E-state index contributed by atoms with van der Waals surface area (Å²) < 4.78 is 0. The van der Waals surface area contributed by atoms with Crippen LogP contribution in [0.2, 0.25) is 0 Å². The van der Waals surface area contributed by atoms with Gasteiger partial charge in [0.05, 0.1) is 0 Å². The van der Waals surface area contributed by atoms with Gasteiger partial charge in [-0.2, -0.15) is 0 Å². The fourth-order valence-corrected chi connectivity index (χ4v) is 2.15. The van der Waals surface area contributed by atoms with E-state index in [1.807, 2.05) is 0 Å². The summed E-state index contributed by atoms with van der Waals surface area (Å²) in [4.78, 5) is 24.6. The molecule has 0 aromatic carbocycles. The summed E-state index contributed by atoms with van der Waals surface area (Å²) in [5, 5.41) is 0.995. The van der Waals surface area contributed by atoms with E-state index in [0.717, 1.165) is 37.4 Å². The normalized spacial score (nSPS) is 18.1. The molecule has 1 heterocycles. The van der Waals surface area contributed by atoms with Crippen LogP contribution in [0.4, 0.5) is 0 Å². The third kappa shape index (κ3) is 4.33. The molecule has 4 heteroatoms. The van der Waals surface area contributed by atoms with Crippen LogP contribution in [0, 0.1) is 0 Å². The standard InChI is InChI=1S/C11H18BrNO2/c12-8-4-1-5-9-13-10(14)6-2-3-7-11(13)15/h1-9H2. The van der Waals surface area contributed by atoms with Crippen LogP contribution in [0.1, 0.15) is 44.9 Å². The molecule has 1 fully saturated rings. The number of imide groups is 1. The molecule has 3 nitrogen and oxygen atoms in total. The Bertz CT molecular complexity index is 213. The number of hydrogen-bond acceptors (Lipinski definition) is 2. The SMILES string of the molecule is O=C1CCCCC(=O)N1CCCCCBr. The zero-order chi connectivity index (χ0) is 11.1. The van der Waals surface area contributed by atoms with E-state index < -0.39 is 0 Å². The van der Waals surface area contributed by atoms with Gasteiger partial charge in [0.15, 0.2) is 0 Å². The number of carbonyl (C=O) groups excluding carboxylic acids is 2. The van der Waals surface area contributed by atoms with E-state index in [1.165, 1.54) is 4.90 Å². The Kier molecular flexibility index (Phi) is 5.91. The Labute approximate surface area is 99.3 Å². The number of amides is 2. The van der Waals surface area contributed by atoms with Crippen LogP contribution in [-0.2, 0) is 9.59 Å². The first-order chi connectivity index (χ1) is 7.25. The highest BCUT2D eigenvalue weighted by Crippen LogP contribution is 2.13. The summed E-state index contributed by atoms with van der Waals surface area (Å²) in [7, 11) is 0. The first-order valence-corrected chi connectivity index (χ1v) is 6.77. The molecule has 1 saturated heterocycles. The van der Waals surface area contributed by atoms with Gasteiger partial charge in [0, 0.05) is 24.7 Å². The molecule has 0 unspecified atom stereocenters. The molecule has 0 aromatic heterocycles. The fourth-order valence-electron chi connectivity index (χ4n) is 1.75. The lowest BCUT2D eigenvalue weighted by molar-refractivity contribution is -0.143. The highest BCUT2D eigenvalue weighted by molar-refractivity contribution is 9.09. The number of halogens is 1. The van der Waals surface area contributed by atoms with Crippen LogP contribution in [0.3, 0.4) is 0 Å². The first-order valence-electron chi connectivity index (χ1n) is 5.65. The monoisotopic (exact) mass is 275 g/mol. The van der Waals surface area contributed by atoms with Crippen molar-refractivity contribution in [2.24, 2.45) is 0 Å². The van der Waals surface area contributed by atoms with Gasteiger partial charge in [-0.3, -0.25) is 14.5 Å². The molecule has 0 bridgehead atoms. The predicted molar refractivity (Wildman–Crippen MR) is 62.8 cm³/mol. The zero-order valence-electron chi connectivity index (χ0n) is 9.01. The smallest absolute Gasteiger partial charge is 0.229 e. The van der Waals surface area contributed by atoms with Crippen LogP contribution < -0.4 is 0 Å². The molecule has 1 rings (SSSR count). The molecule has 86 valence electrons. The van der Waals surface area contributed by atoms with E-state index >= 15 is 0 Å². The summed E-state index contributed by atoms with van der Waals surface area (Å²) >= 11 is 3.36. The summed E-state index contributed by atoms with van der Waals surface area (Å²) in [6.45, 7) is 0.616. The molecular formula is C11H18BrNO2. The number of nitrogens with zero attached hydrogens (tertiary/aromatic N) is 1. The molecule has 0 atom stereocenters. The zero-order valence-corrected chi connectivity index (χ0v) is 10.6. The second-order valence-corrected chi connectivity index (χ2v) is 4.69. The lowest BCUT2D eigenvalue weighted by Crippen LogP contribution is -2.35. The summed E-state index contributed by atoms with van der Waals surface area (Å²) in [6, 6.07) is 0. The molecule has 15 heavy (non-hydrogen) atoms. The van der Waals surface area contributed by atoms with Crippen LogP contribution >= 0.6 is 15.9 Å². The molecule has 0 N–H and O–H groups in total. The van der Waals surface area contributed by atoms with Crippen molar-refractivity contribution in [3.05, 3.63) is 0 Å². The molecule has 0 aromatic rings. The molecular weight excluding hydrogens is 258 g/mol. The third-order valence-corrected chi connectivity index (χ3v) is 3.21. The van der Waals surface area contributed by atoms with Gasteiger partial charge in [0.25, 0.3) is 0 Å². The van der Waals surface area contributed by atoms with Gasteiger partial charge >= 0.3 is 0 Å². The van der Waals surface area contributed by atoms with Crippen molar-refractivity contribution in [1.82, 2.24) is 4.90 Å². The van der Waals surface area contributed by atoms with Gasteiger partial charge < -0.3 is 0 Å². The summed E-state index contributed by atoms with van der Waals surface area (Å²) in [5.41, 5.74) is 0. The topological polar surface area (TPSA) is 37.4 Å². The second-order valence-electron chi connectivity index (χ2n) is 3.90. The maximum atomic E-state index is 11.6. The van der Waals surface area contributed by atoms with Crippen LogP contribution in [0.25, 0.3) is 0 Å². The minimum Gasteiger partial charge on any atom is -0.283 e. The minimum atomic E-state index is 0.0244. The van der Waals surface area contributed by atoms with Crippen LogP contribution in [-0.4, -0.2) is 28.6 Å². The number of likely N-dealkylation sites (tertiary alicyclic amines) is 1. The van der Waals surface area contributed by atoms with E-state index in [4.69, 9.17) is 0 Å². The van der Waals surface area contributed by atoms with E-state index in [-0.39, 0.29) is 11.8 Å². The van der Waals surface area contributed by atoms with Gasteiger partial charge in [-0.05, 0) is 25.7 Å². The first kappa shape index (κ1) is 12.7. The number of hydrogen-bond donors (Lipinski definition) is 0. The third-order valence-electron chi connectivity index (χ3n) is 2.65. The molecule has 2 amide bonds. The number of unbranched alkanes of at least 4 members (excludes halogenated alkanes) is 2. The predicted octanol–water partition coefficient (Wildman–Crippen LogP) is 2.48. The highest BCUT2D eigenvalue weighted by Gasteiger charge is 2.22. The largest absolute Gasteiger partial charge is 0.283 e. The van der Waals surface area contributed by atoms with E-state index in [1.54, 1.807) is 0 Å². The Balaban J connectivity index is 2.35. The molecule has 0 radical (unpaired) electrons. The average Bonchev–Trinajstić information content (AvgIpc) is 2.37. The molecule has 0 spiro atoms. The second kappa shape index (κ2) is 6.99. The van der Waals surface area contributed by atoms with Crippen molar-refractivity contribution in [2.75, 3.05) is 11.9 Å². The molecule has 1 aliphatic heterocycles. The lowest BCUT2D eigenvalue weighted by atomic mass is 10.2. The molecule has 0 aliphatic carbocycles. The Morgan fingerprint density at radius 1 is 1.00 bits per heavy atom. The Hall–Kier alpha value is -0.380. The molecule has 0 saturated carbocycles. The van der Waals surface area contributed by atoms with Crippen LogP contribution in [0.15, 0.2) is 0 Å². The van der Waals surface area contributed by atoms with Crippen molar-refractivity contribution in [3.63, 3.8) is 0 Å². The maximum Gasteiger partial charge on any atom is 0.229 e. The van der Waals surface area contributed by atoms with Gasteiger partial charge in [-0.25, -0.2) is 0 Å². The van der Waals surface area contributed by atoms with Crippen molar-refractivity contribution >= 4 is 27.7 Å². The maximum absolute atomic E-state index is 11.6. The Morgan fingerprint density at radius 2 is 1.60 bits per heavy atom. The Morgan fingerprint density at radius 3 is 2.13 bits per heavy atom. The number of alkyl halides is 1. The summed E-state index contributed by atoms with van der Waals surface area (Å²) in [5.74, 6) is 0.0488. The van der Waals surface area contributed by atoms with Gasteiger partial charge in [-0.15, -0.1) is 0 Å². The van der Waals surface area contributed by atoms with Crippen molar-refractivity contribution in [2.45, 2.75) is 44.9 Å². The van der Waals surface area contributed by atoms with Crippen molar-refractivity contribution in [3.8, 4) is 0 Å². The average molecular weight is 276 g/mol. The van der Waals surface area contributed by atoms with E-state index in [0.29, 0.717) is 19.4 Å². The minimum absolute atomic E-state index is 0.0244. The van der Waals surface area contributed by atoms with Crippen molar-refractivity contribution < 1.29 is 9.59 Å². The fraction of sp³-hybridized carbons (Fsp3) is 0.818. The quantitative estimate of drug-likeness (QED) is 0.439. The van der Waals surface area contributed by atoms with E-state index in [2.05, 4.69) is 15.9 Å². The van der Waals surface area contributed by atoms with E-state index in [9.17, 15) is 9.59 Å². The highest BCUT2D eigenvalue weighted by atomic mass is 79.9. The number of rotatable bonds is 5. The van der Waals surface area contributed by atoms with Gasteiger partial charge in [-0.1, -0.05) is 22.4 Å². The van der Waals surface area contributed by atoms with Gasteiger partial charge in [0.1, 0.15) is 0 Å². The van der Waals surface area contributed by atoms with Crippen LogP contribution in [0.5, 0.6) is 0 Å². The van der Waals surface area contributed by atoms with Gasteiger partial charge in [0.2, 0.25) is 11.8 Å². The molecule has 1 aliphatic rings. The lowest BCUT2D eigenvalue weighted by Gasteiger charge is -2.18. The number of carbonyl (C=O) groups is 2.